The highest BCUT2D eigenvalue weighted by Crippen LogP contribution is 2.19. The Kier molecular flexibility index (Phi) is 4.58. The van der Waals surface area contributed by atoms with Crippen LogP contribution in [-0.4, -0.2) is 27.1 Å². The van der Waals surface area contributed by atoms with Crippen LogP contribution in [-0.2, 0) is 5.75 Å². The SMILES string of the molecule is Cc1cc(C)nc(SCc2ccc(B(O)O)cc2)n1. The summed E-state index contributed by atoms with van der Waals surface area (Å²) in [5, 5.41) is 18.8. The van der Waals surface area contributed by atoms with Crippen molar-refractivity contribution in [1.82, 2.24) is 9.97 Å². The molecule has 0 aliphatic carbocycles. The van der Waals surface area contributed by atoms with Crippen molar-refractivity contribution in [2.45, 2.75) is 24.8 Å². The van der Waals surface area contributed by atoms with Gasteiger partial charge < -0.3 is 10.0 Å². The number of benzene rings is 1. The maximum Gasteiger partial charge on any atom is 0.488 e. The molecule has 0 aliphatic heterocycles. The predicted octanol–water partition coefficient (Wildman–Crippen LogP) is 1.07. The summed E-state index contributed by atoms with van der Waals surface area (Å²) in [6.45, 7) is 3.91. The molecule has 0 bridgehead atoms. The average molecular weight is 274 g/mol. The number of aryl methyl sites for hydroxylation is 2. The van der Waals surface area contributed by atoms with E-state index in [1.54, 1.807) is 23.9 Å². The molecule has 4 nitrogen and oxygen atoms in total. The fourth-order valence-electron chi connectivity index (χ4n) is 1.69. The molecule has 1 heterocycles. The van der Waals surface area contributed by atoms with Crippen molar-refractivity contribution in [2.24, 2.45) is 0 Å². The minimum Gasteiger partial charge on any atom is -0.423 e. The number of hydrogen-bond acceptors (Lipinski definition) is 5. The largest absolute Gasteiger partial charge is 0.488 e. The van der Waals surface area contributed by atoms with Gasteiger partial charge in [0.15, 0.2) is 5.16 Å². The Hall–Kier alpha value is -1.37. The fourth-order valence-corrected chi connectivity index (χ4v) is 2.60. The molecule has 2 rings (SSSR count). The molecule has 0 saturated heterocycles. The fraction of sp³-hybridized carbons (Fsp3) is 0.231. The third-order valence-corrected chi connectivity index (χ3v) is 3.53. The Morgan fingerprint density at radius 2 is 1.63 bits per heavy atom. The van der Waals surface area contributed by atoms with Gasteiger partial charge in [0, 0.05) is 17.1 Å². The van der Waals surface area contributed by atoms with Crippen molar-refractivity contribution >= 4 is 24.3 Å². The molecule has 2 N–H and O–H groups in total. The van der Waals surface area contributed by atoms with E-state index in [4.69, 9.17) is 10.0 Å². The third-order valence-electron chi connectivity index (χ3n) is 2.61. The Labute approximate surface area is 117 Å². The summed E-state index contributed by atoms with van der Waals surface area (Å²) in [4.78, 5) is 8.73. The van der Waals surface area contributed by atoms with Crippen LogP contribution in [0.15, 0.2) is 35.5 Å². The van der Waals surface area contributed by atoms with Gasteiger partial charge in [0.1, 0.15) is 0 Å². The molecule has 0 spiro atoms. The molecule has 0 aliphatic rings. The number of aromatic nitrogens is 2. The molecule has 19 heavy (non-hydrogen) atoms. The Morgan fingerprint density at radius 1 is 1.05 bits per heavy atom. The summed E-state index contributed by atoms with van der Waals surface area (Å²) in [7, 11) is -1.41. The van der Waals surface area contributed by atoms with E-state index in [1.165, 1.54) is 0 Å². The first-order valence-electron chi connectivity index (χ1n) is 5.94. The van der Waals surface area contributed by atoms with Crippen LogP contribution >= 0.6 is 11.8 Å². The summed E-state index contributed by atoms with van der Waals surface area (Å²) >= 11 is 1.57. The minimum absolute atomic E-state index is 0.497. The summed E-state index contributed by atoms with van der Waals surface area (Å²) in [5.41, 5.74) is 3.52. The van der Waals surface area contributed by atoms with Gasteiger partial charge >= 0.3 is 7.12 Å². The zero-order chi connectivity index (χ0) is 13.8. The second kappa shape index (κ2) is 6.19. The van der Waals surface area contributed by atoms with Crippen molar-refractivity contribution in [2.75, 3.05) is 0 Å². The second-order valence-corrected chi connectivity index (χ2v) is 5.28. The van der Waals surface area contributed by atoms with E-state index in [9.17, 15) is 0 Å². The maximum atomic E-state index is 9.01. The first-order chi connectivity index (χ1) is 9.04. The molecular formula is C13H15BN2O2S. The van der Waals surface area contributed by atoms with Gasteiger partial charge in [-0.15, -0.1) is 0 Å². The maximum absolute atomic E-state index is 9.01. The van der Waals surface area contributed by atoms with Crippen molar-refractivity contribution < 1.29 is 10.0 Å². The monoisotopic (exact) mass is 274 g/mol. The first-order valence-corrected chi connectivity index (χ1v) is 6.93. The molecule has 6 heteroatoms. The lowest BCUT2D eigenvalue weighted by Crippen LogP contribution is -2.29. The van der Waals surface area contributed by atoms with Crippen LogP contribution in [0.4, 0.5) is 0 Å². The van der Waals surface area contributed by atoms with E-state index in [0.29, 0.717) is 5.46 Å². The van der Waals surface area contributed by atoms with Crippen LogP contribution in [0.2, 0.25) is 0 Å². The van der Waals surface area contributed by atoms with Gasteiger partial charge in [-0.25, -0.2) is 9.97 Å². The lowest BCUT2D eigenvalue weighted by molar-refractivity contribution is 0.426. The van der Waals surface area contributed by atoms with Gasteiger partial charge in [-0.05, 0) is 30.9 Å². The van der Waals surface area contributed by atoms with Crippen LogP contribution in [0.25, 0.3) is 0 Å². The molecule has 0 fully saturated rings. The second-order valence-electron chi connectivity index (χ2n) is 4.34. The summed E-state index contributed by atoms with van der Waals surface area (Å²) in [6.07, 6.45) is 0. The van der Waals surface area contributed by atoms with Crippen LogP contribution in [0, 0.1) is 13.8 Å². The average Bonchev–Trinajstić information content (AvgIpc) is 2.36. The number of nitrogens with zero attached hydrogens (tertiary/aromatic N) is 2. The van der Waals surface area contributed by atoms with E-state index in [1.807, 2.05) is 32.0 Å². The van der Waals surface area contributed by atoms with Crippen LogP contribution in [0.1, 0.15) is 17.0 Å². The van der Waals surface area contributed by atoms with E-state index < -0.39 is 7.12 Å². The van der Waals surface area contributed by atoms with Crippen molar-refractivity contribution in [3.63, 3.8) is 0 Å². The topological polar surface area (TPSA) is 66.2 Å². The van der Waals surface area contributed by atoms with E-state index in [0.717, 1.165) is 27.9 Å². The quantitative estimate of drug-likeness (QED) is 0.496. The van der Waals surface area contributed by atoms with Crippen LogP contribution in [0.3, 0.4) is 0 Å². The third kappa shape index (κ3) is 4.06. The minimum atomic E-state index is -1.41. The lowest BCUT2D eigenvalue weighted by Gasteiger charge is -2.04. The molecule has 1 aromatic heterocycles. The number of thioether (sulfide) groups is 1. The van der Waals surface area contributed by atoms with E-state index in [-0.39, 0.29) is 0 Å². The van der Waals surface area contributed by atoms with Gasteiger partial charge in [-0.3, -0.25) is 0 Å². The summed E-state index contributed by atoms with van der Waals surface area (Å²) in [5.74, 6) is 0.755. The smallest absolute Gasteiger partial charge is 0.423 e. The zero-order valence-corrected chi connectivity index (χ0v) is 11.7. The van der Waals surface area contributed by atoms with Crippen molar-refractivity contribution in [1.29, 1.82) is 0 Å². The van der Waals surface area contributed by atoms with Gasteiger partial charge in [-0.2, -0.15) is 0 Å². The van der Waals surface area contributed by atoms with Gasteiger partial charge in [0.05, 0.1) is 0 Å². The van der Waals surface area contributed by atoms with Crippen LogP contribution < -0.4 is 5.46 Å². The van der Waals surface area contributed by atoms with E-state index in [2.05, 4.69) is 9.97 Å². The standard InChI is InChI=1S/C13H15BN2O2S/c1-9-7-10(2)16-13(15-9)19-8-11-3-5-12(6-4-11)14(17)18/h3-7,17-18H,8H2,1-2H3. The first kappa shape index (κ1) is 14.1. The highest BCUT2D eigenvalue weighted by atomic mass is 32.2. The number of rotatable bonds is 4. The summed E-state index contributed by atoms with van der Waals surface area (Å²) in [6, 6.07) is 9.13. The highest BCUT2D eigenvalue weighted by Gasteiger charge is 2.09. The van der Waals surface area contributed by atoms with Crippen molar-refractivity contribution in [3.8, 4) is 0 Å². The van der Waals surface area contributed by atoms with Crippen molar-refractivity contribution in [3.05, 3.63) is 47.3 Å². The molecule has 2 aromatic rings. The molecule has 0 unspecified atom stereocenters. The van der Waals surface area contributed by atoms with Gasteiger partial charge in [0.2, 0.25) is 0 Å². The Morgan fingerprint density at radius 3 is 2.16 bits per heavy atom. The molecular weight excluding hydrogens is 259 g/mol. The molecule has 0 saturated carbocycles. The normalized spacial score (nSPS) is 10.5. The molecule has 0 atom stereocenters. The zero-order valence-electron chi connectivity index (χ0n) is 10.9. The highest BCUT2D eigenvalue weighted by molar-refractivity contribution is 7.98. The number of hydrogen-bond donors (Lipinski definition) is 2. The Balaban J connectivity index is 2.02. The predicted molar refractivity (Wildman–Crippen MR) is 77.3 cm³/mol. The van der Waals surface area contributed by atoms with E-state index >= 15 is 0 Å². The Bertz CT molecular complexity index is 541. The lowest BCUT2D eigenvalue weighted by atomic mass is 9.80. The van der Waals surface area contributed by atoms with Crippen LogP contribution in [0.5, 0.6) is 0 Å². The molecule has 0 amide bonds. The van der Waals surface area contributed by atoms with Gasteiger partial charge in [0.25, 0.3) is 0 Å². The molecule has 98 valence electrons. The van der Waals surface area contributed by atoms with Gasteiger partial charge in [-0.1, -0.05) is 36.0 Å². The molecule has 0 radical (unpaired) electrons. The summed E-state index contributed by atoms with van der Waals surface area (Å²) < 4.78 is 0. The molecule has 1 aromatic carbocycles.